The van der Waals surface area contributed by atoms with Crippen LogP contribution >= 0.6 is 0 Å². The molecule has 0 unspecified atom stereocenters. The number of carbonyl (C=O) groups is 2. The predicted molar refractivity (Wildman–Crippen MR) is 63.9 cm³/mol. The van der Waals surface area contributed by atoms with Gasteiger partial charge in [-0.1, -0.05) is 12.1 Å². The topological polar surface area (TPSA) is 69.6 Å². The average molecular weight is 308 g/mol. The molecule has 0 bridgehead atoms. The van der Waals surface area contributed by atoms with Crippen molar-refractivity contribution in [2.24, 2.45) is 0 Å². The molecule has 0 saturated carbocycles. The summed E-state index contributed by atoms with van der Waals surface area (Å²) < 4.78 is 49.5. The fourth-order valence-corrected chi connectivity index (χ4v) is 1.47. The third-order valence-electron chi connectivity index (χ3n) is 2.34. The molecule has 1 aromatic rings. The van der Waals surface area contributed by atoms with Gasteiger partial charge in [0.1, 0.15) is 18.9 Å². The molecule has 0 spiro atoms. The van der Waals surface area contributed by atoms with Crippen molar-refractivity contribution in [3.05, 3.63) is 35.6 Å². The standard InChI is InChI=1S/C12H12F4N2O3/c13-9-3-1-8(2-4-9)5-17-11(21)18(6-10(19)20)7-12(14,15)16/h1-4H,5-7H2,(H,17,21)(H,19,20). The third-order valence-corrected chi connectivity index (χ3v) is 2.34. The van der Waals surface area contributed by atoms with Crippen molar-refractivity contribution in [1.82, 2.24) is 10.2 Å². The largest absolute Gasteiger partial charge is 0.480 e. The lowest BCUT2D eigenvalue weighted by Crippen LogP contribution is -2.46. The van der Waals surface area contributed by atoms with Crippen molar-refractivity contribution in [2.75, 3.05) is 13.1 Å². The molecule has 1 rings (SSSR count). The summed E-state index contributed by atoms with van der Waals surface area (Å²) >= 11 is 0. The minimum Gasteiger partial charge on any atom is -0.480 e. The first-order chi connectivity index (χ1) is 9.67. The first kappa shape index (κ1) is 16.7. The lowest BCUT2D eigenvalue weighted by molar-refractivity contribution is -0.148. The Labute approximate surface area is 117 Å². The van der Waals surface area contributed by atoms with Crippen molar-refractivity contribution in [3.8, 4) is 0 Å². The molecule has 1 aromatic carbocycles. The van der Waals surface area contributed by atoms with Gasteiger partial charge in [-0.2, -0.15) is 13.2 Å². The van der Waals surface area contributed by atoms with Crippen LogP contribution in [-0.4, -0.2) is 41.3 Å². The Morgan fingerprint density at radius 3 is 2.24 bits per heavy atom. The van der Waals surface area contributed by atoms with Gasteiger partial charge in [0.25, 0.3) is 0 Å². The van der Waals surface area contributed by atoms with Gasteiger partial charge in [0, 0.05) is 6.54 Å². The van der Waals surface area contributed by atoms with Crippen molar-refractivity contribution in [3.63, 3.8) is 0 Å². The number of carbonyl (C=O) groups excluding carboxylic acids is 1. The van der Waals surface area contributed by atoms with Gasteiger partial charge >= 0.3 is 18.2 Å². The number of nitrogens with one attached hydrogen (secondary N) is 1. The Bertz CT molecular complexity index is 502. The molecule has 0 aliphatic carbocycles. The summed E-state index contributed by atoms with van der Waals surface area (Å²) in [6, 6.07) is 3.79. The number of hydrogen-bond donors (Lipinski definition) is 2. The molecule has 0 atom stereocenters. The predicted octanol–water partition coefficient (Wildman–Crippen LogP) is 1.98. The number of carboxylic acid groups (broad SMARTS) is 1. The minimum atomic E-state index is -4.71. The smallest absolute Gasteiger partial charge is 0.406 e. The lowest BCUT2D eigenvalue weighted by Gasteiger charge is -2.22. The highest BCUT2D eigenvalue weighted by Gasteiger charge is 2.33. The SMILES string of the molecule is O=C(O)CN(CC(F)(F)F)C(=O)NCc1ccc(F)cc1. The molecule has 2 amide bonds. The van der Waals surface area contributed by atoms with Gasteiger partial charge in [0.2, 0.25) is 0 Å². The number of amides is 2. The zero-order valence-electron chi connectivity index (χ0n) is 10.7. The summed E-state index contributed by atoms with van der Waals surface area (Å²) in [6.07, 6.45) is -4.71. The van der Waals surface area contributed by atoms with Crippen LogP contribution in [-0.2, 0) is 11.3 Å². The zero-order chi connectivity index (χ0) is 16.0. The van der Waals surface area contributed by atoms with Gasteiger partial charge in [-0.05, 0) is 17.7 Å². The van der Waals surface area contributed by atoms with Crippen LogP contribution in [0.15, 0.2) is 24.3 Å². The van der Waals surface area contributed by atoms with E-state index in [1.54, 1.807) is 0 Å². The first-order valence-electron chi connectivity index (χ1n) is 5.73. The minimum absolute atomic E-state index is 0.131. The van der Waals surface area contributed by atoms with Gasteiger partial charge in [0.05, 0.1) is 0 Å². The van der Waals surface area contributed by atoms with E-state index in [0.29, 0.717) is 5.56 Å². The van der Waals surface area contributed by atoms with E-state index >= 15 is 0 Å². The van der Waals surface area contributed by atoms with E-state index in [4.69, 9.17) is 5.11 Å². The summed E-state index contributed by atoms with van der Waals surface area (Å²) in [6.45, 7) is -2.89. The van der Waals surface area contributed by atoms with E-state index in [9.17, 15) is 27.2 Å². The lowest BCUT2D eigenvalue weighted by atomic mass is 10.2. The van der Waals surface area contributed by atoms with Crippen molar-refractivity contribution in [1.29, 1.82) is 0 Å². The van der Waals surface area contributed by atoms with Crippen molar-refractivity contribution >= 4 is 12.0 Å². The Kier molecular flexibility index (Phi) is 5.51. The molecule has 0 radical (unpaired) electrons. The molecule has 0 fully saturated rings. The number of aliphatic carboxylic acids is 1. The number of nitrogens with zero attached hydrogens (tertiary/aromatic N) is 1. The molecule has 0 saturated heterocycles. The average Bonchev–Trinajstić information content (AvgIpc) is 2.34. The van der Waals surface area contributed by atoms with Crippen LogP contribution in [0.25, 0.3) is 0 Å². The Morgan fingerprint density at radius 1 is 1.19 bits per heavy atom. The molecule has 9 heteroatoms. The second-order valence-electron chi connectivity index (χ2n) is 4.15. The van der Waals surface area contributed by atoms with Crippen LogP contribution in [0, 0.1) is 5.82 Å². The normalized spacial score (nSPS) is 11.0. The molecule has 21 heavy (non-hydrogen) atoms. The first-order valence-corrected chi connectivity index (χ1v) is 5.73. The van der Waals surface area contributed by atoms with Crippen molar-refractivity contribution < 1.29 is 32.3 Å². The summed E-state index contributed by atoms with van der Waals surface area (Å²) in [7, 11) is 0. The molecule has 0 aromatic heterocycles. The molecule has 0 aliphatic heterocycles. The highest BCUT2D eigenvalue weighted by Crippen LogP contribution is 2.16. The molecule has 0 aliphatic rings. The van der Waals surface area contributed by atoms with Gasteiger partial charge in [-0.15, -0.1) is 0 Å². The summed E-state index contributed by atoms with van der Waals surface area (Å²) in [5.74, 6) is -2.05. The number of hydrogen-bond acceptors (Lipinski definition) is 2. The van der Waals surface area contributed by atoms with Gasteiger partial charge in [-0.25, -0.2) is 9.18 Å². The summed E-state index contributed by atoms with van der Waals surface area (Å²) in [4.78, 5) is 22.2. The van der Waals surface area contributed by atoms with E-state index < -0.39 is 37.1 Å². The van der Waals surface area contributed by atoms with Crippen LogP contribution in [0.3, 0.4) is 0 Å². The number of benzene rings is 1. The summed E-state index contributed by atoms with van der Waals surface area (Å²) in [5.41, 5.74) is 0.465. The van der Waals surface area contributed by atoms with Gasteiger partial charge in [-0.3, -0.25) is 4.79 Å². The highest BCUT2D eigenvalue weighted by molar-refractivity contribution is 5.80. The van der Waals surface area contributed by atoms with Crippen LogP contribution in [0.1, 0.15) is 5.56 Å². The summed E-state index contributed by atoms with van der Waals surface area (Å²) in [5, 5.41) is 10.7. The van der Waals surface area contributed by atoms with Crippen LogP contribution < -0.4 is 5.32 Å². The van der Waals surface area contributed by atoms with Crippen molar-refractivity contribution in [2.45, 2.75) is 12.7 Å². The van der Waals surface area contributed by atoms with E-state index in [1.807, 2.05) is 0 Å². The highest BCUT2D eigenvalue weighted by atomic mass is 19.4. The van der Waals surface area contributed by atoms with Crippen LogP contribution in [0.4, 0.5) is 22.4 Å². The van der Waals surface area contributed by atoms with E-state index in [-0.39, 0.29) is 11.4 Å². The Morgan fingerprint density at radius 2 is 1.76 bits per heavy atom. The second kappa shape index (κ2) is 6.91. The van der Waals surface area contributed by atoms with Gasteiger partial charge < -0.3 is 15.3 Å². The van der Waals surface area contributed by atoms with Gasteiger partial charge in [0.15, 0.2) is 0 Å². The Balaban J connectivity index is 2.63. The molecule has 116 valence electrons. The number of halogens is 4. The number of rotatable bonds is 5. The zero-order valence-corrected chi connectivity index (χ0v) is 10.7. The molecular weight excluding hydrogens is 296 g/mol. The molecule has 5 nitrogen and oxygen atoms in total. The maximum Gasteiger partial charge on any atom is 0.406 e. The van der Waals surface area contributed by atoms with Crippen LogP contribution in [0.2, 0.25) is 0 Å². The second-order valence-corrected chi connectivity index (χ2v) is 4.15. The third kappa shape index (κ3) is 6.59. The fraction of sp³-hybridized carbons (Fsp3) is 0.333. The van der Waals surface area contributed by atoms with E-state index in [1.165, 1.54) is 12.1 Å². The number of urea groups is 1. The molecule has 2 N–H and O–H groups in total. The number of carboxylic acids is 1. The van der Waals surface area contributed by atoms with E-state index in [0.717, 1.165) is 12.1 Å². The van der Waals surface area contributed by atoms with E-state index in [2.05, 4.69) is 5.32 Å². The monoisotopic (exact) mass is 308 g/mol. The maximum atomic E-state index is 12.7. The quantitative estimate of drug-likeness (QED) is 0.817. The molecule has 0 heterocycles. The molecular formula is C12H12F4N2O3. The fourth-order valence-electron chi connectivity index (χ4n) is 1.47. The maximum absolute atomic E-state index is 12.7. The Hall–Kier alpha value is -2.32. The number of alkyl halides is 3. The van der Waals surface area contributed by atoms with Crippen LogP contribution in [0.5, 0.6) is 0 Å².